The summed E-state index contributed by atoms with van der Waals surface area (Å²) in [6.45, 7) is 2.93. The van der Waals surface area contributed by atoms with Gasteiger partial charge in [-0.05, 0) is 30.7 Å². The average molecular weight is 351 g/mol. The summed E-state index contributed by atoms with van der Waals surface area (Å²) in [4.78, 5) is 18.3. The highest BCUT2D eigenvalue weighted by atomic mass is 32.1. The van der Waals surface area contributed by atoms with Crippen LogP contribution in [-0.2, 0) is 24.3 Å². The van der Waals surface area contributed by atoms with Gasteiger partial charge in [0.05, 0.1) is 6.54 Å². The molecule has 0 saturated carbocycles. The quantitative estimate of drug-likeness (QED) is 0.777. The van der Waals surface area contributed by atoms with Crippen molar-refractivity contribution in [2.45, 2.75) is 19.5 Å². The van der Waals surface area contributed by atoms with E-state index < -0.39 is 0 Å². The summed E-state index contributed by atoms with van der Waals surface area (Å²) < 4.78 is 0. The molecule has 4 nitrogen and oxygen atoms in total. The molecule has 25 heavy (non-hydrogen) atoms. The Morgan fingerprint density at radius 2 is 2.20 bits per heavy atom. The fraction of sp³-hybridized carbons (Fsp3) is 0.300. The van der Waals surface area contributed by atoms with Crippen LogP contribution in [0.1, 0.15) is 20.9 Å². The van der Waals surface area contributed by atoms with Gasteiger partial charge >= 0.3 is 0 Å². The van der Waals surface area contributed by atoms with E-state index in [1.165, 1.54) is 22.5 Å². The molecule has 0 saturated heterocycles. The molecule has 0 N–H and O–H groups in total. The molecule has 1 aliphatic rings. The largest absolute Gasteiger partial charge is 0.334 e. The normalized spacial score (nSPS) is 13.9. The molecule has 2 aromatic rings. The van der Waals surface area contributed by atoms with Crippen molar-refractivity contribution in [3.8, 4) is 6.07 Å². The van der Waals surface area contributed by atoms with E-state index in [2.05, 4.69) is 23.1 Å². The molecule has 0 aliphatic carbocycles. The molecule has 2 heterocycles. The van der Waals surface area contributed by atoms with E-state index in [-0.39, 0.29) is 5.91 Å². The summed E-state index contributed by atoms with van der Waals surface area (Å²) in [5.74, 6) is 0.0469. The van der Waals surface area contributed by atoms with Crippen LogP contribution in [0.4, 0.5) is 0 Å². The molecule has 1 amide bonds. The number of carbonyl (C=O) groups excluding carboxylic acids is 1. The molecule has 0 fully saturated rings. The first-order valence-corrected chi connectivity index (χ1v) is 9.17. The maximum absolute atomic E-state index is 12.4. The van der Waals surface area contributed by atoms with Crippen LogP contribution in [0.25, 0.3) is 0 Å². The van der Waals surface area contributed by atoms with Crippen molar-refractivity contribution in [3.05, 3.63) is 69.4 Å². The van der Waals surface area contributed by atoms with Gasteiger partial charge in [0.25, 0.3) is 0 Å². The zero-order valence-electron chi connectivity index (χ0n) is 14.3. The zero-order chi connectivity index (χ0) is 17.6. The van der Waals surface area contributed by atoms with Crippen LogP contribution in [-0.4, -0.2) is 35.8 Å². The molecule has 0 atom stereocenters. The molecule has 1 aromatic carbocycles. The van der Waals surface area contributed by atoms with Gasteiger partial charge in [-0.3, -0.25) is 9.69 Å². The van der Waals surface area contributed by atoms with E-state index >= 15 is 0 Å². The summed E-state index contributed by atoms with van der Waals surface area (Å²) in [6, 6.07) is 14.4. The first-order chi connectivity index (χ1) is 12.2. The van der Waals surface area contributed by atoms with E-state index in [0.29, 0.717) is 6.54 Å². The number of likely N-dealkylation sites (N-methyl/N-ethyl adjacent to an activating group) is 1. The van der Waals surface area contributed by atoms with E-state index in [4.69, 9.17) is 5.26 Å². The predicted octanol–water partition coefficient (Wildman–Crippen LogP) is 3.19. The van der Waals surface area contributed by atoms with Crippen LogP contribution in [0.2, 0.25) is 0 Å². The van der Waals surface area contributed by atoms with Crippen molar-refractivity contribution in [1.82, 2.24) is 9.80 Å². The minimum atomic E-state index is 0.0469. The van der Waals surface area contributed by atoms with Crippen LogP contribution in [0.15, 0.2) is 48.6 Å². The smallest absolute Gasteiger partial charge is 0.246 e. The van der Waals surface area contributed by atoms with Crippen LogP contribution in [0, 0.1) is 11.3 Å². The van der Waals surface area contributed by atoms with Gasteiger partial charge in [0, 0.05) is 30.6 Å². The predicted molar refractivity (Wildman–Crippen MR) is 100 cm³/mol. The number of fused-ring (bicyclic) bond motifs is 1. The van der Waals surface area contributed by atoms with Gasteiger partial charge in [0.2, 0.25) is 5.91 Å². The second kappa shape index (κ2) is 8.11. The summed E-state index contributed by atoms with van der Waals surface area (Å²) in [5.41, 5.74) is 2.48. The van der Waals surface area contributed by atoms with Crippen molar-refractivity contribution < 1.29 is 4.79 Å². The molecule has 0 bridgehead atoms. The third-order valence-electron chi connectivity index (χ3n) is 4.28. The summed E-state index contributed by atoms with van der Waals surface area (Å²) in [6.07, 6.45) is 4.43. The maximum Gasteiger partial charge on any atom is 0.246 e. The van der Waals surface area contributed by atoms with E-state index in [1.54, 1.807) is 6.08 Å². The fourth-order valence-corrected chi connectivity index (χ4v) is 3.99. The monoisotopic (exact) mass is 351 g/mol. The number of nitrogens with zero attached hydrogens (tertiary/aromatic N) is 3. The Kier molecular flexibility index (Phi) is 5.64. The molecular formula is C20H21N3OS. The van der Waals surface area contributed by atoms with Gasteiger partial charge in [0.15, 0.2) is 0 Å². The van der Waals surface area contributed by atoms with Crippen LogP contribution < -0.4 is 0 Å². The summed E-state index contributed by atoms with van der Waals surface area (Å²) in [7, 11) is 2.05. The topological polar surface area (TPSA) is 47.3 Å². The Labute approximate surface area is 152 Å². The second-order valence-corrected chi connectivity index (χ2v) is 7.40. The lowest BCUT2D eigenvalue weighted by atomic mass is 10.1. The number of hydrogen-bond acceptors (Lipinski definition) is 4. The van der Waals surface area contributed by atoms with Crippen LogP contribution in [0.3, 0.4) is 0 Å². The second-order valence-electron chi connectivity index (χ2n) is 6.27. The maximum atomic E-state index is 12.4. The van der Waals surface area contributed by atoms with Gasteiger partial charge in [-0.15, -0.1) is 11.3 Å². The molecule has 1 aliphatic heterocycles. The van der Waals surface area contributed by atoms with Crippen molar-refractivity contribution in [1.29, 1.82) is 5.26 Å². The molecule has 128 valence electrons. The van der Waals surface area contributed by atoms with Crippen LogP contribution >= 0.6 is 11.3 Å². The molecule has 1 aromatic heterocycles. The standard InChI is InChI=1S/C20H21N3OS/c1-22(14-16-6-3-2-4-7-16)10-5-8-20(24)23-11-9-17-12-18(13-21)25-19(17)15-23/h2-8,12H,9-11,14-15H2,1H3/b8-5+. The Bertz CT molecular complexity index is 804. The van der Waals surface area contributed by atoms with Crippen molar-refractivity contribution in [2.75, 3.05) is 20.1 Å². The number of thiophene rings is 1. The van der Waals surface area contributed by atoms with Gasteiger partial charge in [0.1, 0.15) is 10.9 Å². The molecular weight excluding hydrogens is 330 g/mol. The van der Waals surface area contributed by atoms with Gasteiger partial charge < -0.3 is 4.90 Å². The Balaban J connectivity index is 1.50. The van der Waals surface area contributed by atoms with Crippen LogP contribution in [0.5, 0.6) is 0 Å². The highest BCUT2D eigenvalue weighted by Crippen LogP contribution is 2.27. The minimum absolute atomic E-state index is 0.0469. The van der Waals surface area contributed by atoms with E-state index in [1.807, 2.05) is 42.3 Å². The number of benzene rings is 1. The zero-order valence-corrected chi connectivity index (χ0v) is 15.1. The third kappa shape index (κ3) is 4.56. The number of amides is 1. The lowest BCUT2D eigenvalue weighted by Gasteiger charge is -2.25. The van der Waals surface area contributed by atoms with Crippen molar-refractivity contribution in [2.24, 2.45) is 0 Å². The van der Waals surface area contributed by atoms with Gasteiger partial charge in [-0.25, -0.2) is 0 Å². The van der Waals surface area contributed by atoms with Crippen molar-refractivity contribution in [3.63, 3.8) is 0 Å². The molecule has 0 spiro atoms. The number of rotatable bonds is 5. The lowest BCUT2D eigenvalue weighted by Crippen LogP contribution is -2.34. The van der Waals surface area contributed by atoms with Gasteiger partial charge in [-0.1, -0.05) is 36.4 Å². The summed E-state index contributed by atoms with van der Waals surface area (Å²) in [5, 5.41) is 9.00. The Hall–Kier alpha value is -2.42. The SMILES string of the molecule is CN(C/C=C/C(=O)N1CCc2cc(C#N)sc2C1)Cc1ccccc1. The van der Waals surface area contributed by atoms with E-state index in [0.717, 1.165) is 35.8 Å². The lowest BCUT2D eigenvalue weighted by molar-refractivity contribution is -0.126. The third-order valence-corrected chi connectivity index (χ3v) is 5.34. The fourth-order valence-electron chi connectivity index (χ4n) is 2.96. The van der Waals surface area contributed by atoms with Crippen molar-refractivity contribution >= 4 is 17.2 Å². The number of hydrogen-bond donors (Lipinski definition) is 0. The van der Waals surface area contributed by atoms with E-state index in [9.17, 15) is 4.79 Å². The number of nitriles is 1. The Morgan fingerprint density at radius 3 is 2.96 bits per heavy atom. The summed E-state index contributed by atoms with van der Waals surface area (Å²) >= 11 is 1.50. The minimum Gasteiger partial charge on any atom is -0.334 e. The first-order valence-electron chi connectivity index (χ1n) is 8.35. The molecule has 0 radical (unpaired) electrons. The average Bonchev–Trinajstić information content (AvgIpc) is 3.04. The molecule has 5 heteroatoms. The van der Waals surface area contributed by atoms with Gasteiger partial charge in [-0.2, -0.15) is 5.26 Å². The highest BCUT2D eigenvalue weighted by Gasteiger charge is 2.21. The highest BCUT2D eigenvalue weighted by molar-refractivity contribution is 7.12. The first kappa shape index (κ1) is 17.4. The number of carbonyl (C=O) groups is 1. The molecule has 0 unspecified atom stereocenters. The molecule has 3 rings (SSSR count). The Morgan fingerprint density at radius 1 is 1.40 bits per heavy atom.